The molecule has 0 radical (unpaired) electrons. The van der Waals surface area contributed by atoms with Gasteiger partial charge in [-0.3, -0.25) is 0 Å². The molecule has 3 rings (SSSR count). The Morgan fingerprint density at radius 3 is 2.87 bits per heavy atom. The molecular weight excluding hydrogens is 334 g/mol. The van der Waals surface area contributed by atoms with Crippen LogP contribution in [0.15, 0.2) is 11.6 Å². The Bertz CT molecular complexity index is 630. The van der Waals surface area contributed by atoms with Crippen molar-refractivity contribution in [2.45, 2.75) is 49.8 Å². The molecule has 3 heterocycles. The van der Waals surface area contributed by atoms with Gasteiger partial charge in [0.15, 0.2) is 9.84 Å². The molecule has 2 saturated heterocycles. The first kappa shape index (κ1) is 16.7. The van der Waals surface area contributed by atoms with E-state index in [1.165, 1.54) is 0 Å². The summed E-state index contributed by atoms with van der Waals surface area (Å²) in [6.07, 6.45) is 7.07. The van der Waals surface area contributed by atoms with Gasteiger partial charge in [0, 0.05) is 24.7 Å². The van der Waals surface area contributed by atoms with Crippen LogP contribution in [0.2, 0.25) is 0 Å². The molecular formula is C15H23N3O3S2. The SMILES string of the molecule is O=C(NCC1CCCCS1(=O)=O)N1CCCCC1c1nccs1. The summed E-state index contributed by atoms with van der Waals surface area (Å²) in [6, 6.07) is -0.141. The van der Waals surface area contributed by atoms with Gasteiger partial charge in [0.1, 0.15) is 5.01 Å². The largest absolute Gasteiger partial charge is 0.337 e. The summed E-state index contributed by atoms with van der Waals surface area (Å²) in [7, 11) is -3.05. The van der Waals surface area contributed by atoms with Gasteiger partial charge in [0.2, 0.25) is 0 Å². The molecule has 2 fully saturated rings. The number of hydrogen-bond donors (Lipinski definition) is 1. The molecule has 1 aromatic heterocycles. The Kier molecular flexibility index (Phi) is 5.21. The van der Waals surface area contributed by atoms with Crippen LogP contribution >= 0.6 is 11.3 Å². The lowest BCUT2D eigenvalue weighted by molar-refractivity contribution is 0.151. The topological polar surface area (TPSA) is 79.4 Å². The number of amides is 2. The lowest BCUT2D eigenvalue weighted by atomic mass is 10.0. The number of aromatic nitrogens is 1. The standard InChI is InChI=1S/C15H23N3O3S2/c19-15(17-11-12-5-2-4-10-23(12,20)21)18-8-3-1-6-13(18)14-16-7-9-22-14/h7,9,12-13H,1-6,8,10-11H2,(H,17,19). The molecule has 2 amide bonds. The van der Waals surface area contributed by atoms with Crippen molar-refractivity contribution in [1.82, 2.24) is 15.2 Å². The van der Waals surface area contributed by atoms with E-state index in [0.717, 1.165) is 37.1 Å². The van der Waals surface area contributed by atoms with E-state index in [1.54, 1.807) is 17.5 Å². The first-order valence-electron chi connectivity index (χ1n) is 8.23. The van der Waals surface area contributed by atoms with Crippen molar-refractivity contribution in [3.05, 3.63) is 16.6 Å². The van der Waals surface area contributed by atoms with Crippen molar-refractivity contribution < 1.29 is 13.2 Å². The van der Waals surface area contributed by atoms with Gasteiger partial charge in [0.25, 0.3) is 0 Å². The summed E-state index contributed by atoms with van der Waals surface area (Å²) in [5, 5.41) is 5.32. The molecule has 6 nitrogen and oxygen atoms in total. The van der Waals surface area contributed by atoms with E-state index in [9.17, 15) is 13.2 Å². The smallest absolute Gasteiger partial charge is 0.318 e. The summed E-state index contributed by atoms with van der Waals surface area (Å²) in [4.78, 5) is 18.7. The number of hydrogen-bond acceptors (Lipinski definition) is 5. The average Bonchev–Trinajstić information content (AvgIpc) is 3.07. The minimum Gasteiger partial charge on any atom is -0.337 e. The Labute approximate surface area is 141 Å². The second-order valence-electron chi connectivity index (χ2n) is 6.25. The lowest BCUT2D eigenvalue weighted by Gasteiger charge is -2.35. The summed E-state index contributed by atoms with van der Waals surface area (Å²) in [5.74, 6) is 0.249. The minimum absolute atomic E-state index is 0.0201. The van der Waals surface area contributed by atoms with Gasteiger partial charge in [-0.05, 0) is 32.1 Å². The van der Waals surface area contributed by atoms with E-state index >= 15 is 0 Å². The number of rotatable bonds is 3. The fourth-order valence-electron chi connectivity index (χ4n) is 3.38. The van der Waals surface area contributed by atoms with Crippen molar-refractivity contribution in [2.24, 2.45) is 0 Å². The molecule has 0 aliphatic carbocycles. The number of nitrogens with zero attached hydrogens (tertiary/aromatic N) is 2. The number of likely N-dealkylation sites (tertiary alicyclic amines) is 1. The Hall–Kier alpha value is -1.15. The minimum atomic E-state index is -3.05. The lowest BCUT2D eigenvalue weighted by Crippen LogP contribution is -2.48. The molecule has 8 heteroatoms. The van der Waals surface area contributed by atoms with Crippen LogP contribution in [-0.2, 0) is 9.84 Å². The van der Waals surface area contributed by atoms with Crippen LogP contribution in [0.1, 0.15) is 49.6 Å². The van der Waals surface area contributed by atoms with Gasteiger partial charge >= 0.3 is 6.03 Å². The van der Waals surface area contributed by atoms with E-state index in [0.29, 0.717) is 13.0 Å². The summed E-state index contributed by atoms with van der Waals surface area (Å²) in [6.45, 7) is 0.926. The molecule has 23 heavy (non-hydrogen) atoms. The quantitative estimate of drug-likeness (QED) is 0.900. The van der Waals surface area contributed by atoms with Gasteiger partial charge < -0.3 is 10.2 Å². The highest BCUT2D eigenvalue weighted by atomic mass is 32.2. The molecule has 2 aliphatic heterocycles. The summed E-state index contributed by atoms with van der Waals surface area (Å²) < 4.78 is 24.1. The van der Waals surface area contributed by atoms with Crippen molar-refractivity contribution in [2.75, 3.05) is 18.8 Å². The third kappa shape index (κ3) is 3.85. The maximum atomic E-state index is 12.6. The average molecular weight is 358 g/mol. The second kappa shape index (κ2) is 7.17. The van der Waals surface area contributed by atoms with Crippen LogP contribution in [0.4, 0.5) is 4.79 Å². The maximum absolute atomic E-state index is 12.6. The molecule has 1 N–H and O–H groups in total. The van der Waals surface area contributed by atoms with Crippen molar-refractivity contribution in [3.63, 3.8) is 0 Å². The van der Waals surface area contributed by atoms with Crippen LogP contribution in [-0.4, -0.2) is 48.4 Å². The highest BCUT2D eigenvalue weighted by Crippen LogP contribution is 2.32. The van der Waals surface area contributed by atoms with Crippen molar-refractivity contribution in [1.29, 1.82) is 0 Å². The number of thiazole rings is 1. The molecule has 2 unspecified atom stereocenters. The number of piperidine rings is 1. The first-order chi connectivity index (χ1) is 11.1. The highest BCUT2D eigenvalue weighted by Gasteiger charge is 2.32. The highest BCUT2D eigenvalue weighted by molar-refractivity contribution is 7.92. The van der Waals surface area contributed by atoms with Crippen LogP contribution in [0.5, 0.6) is 0 Å². The second-order valence-corrected chi connectivity index (χ2v) is 9.57. The Morgan fingerprint density at radius 1 is 1.30 bits per heavy atom. The zero-order valence-electron chi connectivity index (χ0n) is 13.1. The maximum Gasteiger partial charge on any atom is 0.318 e. The van der Waals surface area contributed by atoms with Crippen LogP contribution in [0.25, 0.3) is 0 Å². The molecule has 0 bridgehead atoms. The monoisotopic (exact) mass is 357 g/mol. The number of carbonyl (C=O) groups is 1. The summed E-state index contributed by atoms with van der Waals surface area (Å²) >= 11 is 1.57. The third-order valence-corrected chi connectivity index (χ3v) is 7.85. The van der Waals surface area contributed by atoms with Gasteiger partial charge in [-0.25, -0.2) is 18.2 Å². The Balaban J connectivity index is 1.62. The molecule has 2 aliphatic rings. The Morgan fingerprint density at radius 2 is 2.13 bits per heavy atom. The van der Waals surface area contributed by atoms with Gasteiger partial charge in [0.05, 0.1) is 17.0 Å². The molecule has 2 atom stereocenters. The van der Waals surface area contributed by atoms with E-state index in [2.05, 4.69) is 10.3 Å². The predicted octanol–water partition coefficient (Wildman–Crippen LogP) is 2.35. The fourth-order valence-corrected chi connectivity index (χ4v) is 5.97. The fraction of sp³-hybridized carbons (Fsp3) is 0.733. The third-order valence-electron chi connectivity index (χ3n) is 4.69. The molecule has 0 spiro atoms. The summed E-state index contributed by atoms with van der Waals surface area (Å²) in [5.41, 5.74) is 0. The van der Waals surface area contributed by atoms with Gasteiger partial charge in [-0.1, -0.05) is 6.42 Å². The van der Waals surface area contributed by atoms with Gasteiger partial charge in [-0.2, -0.15) is 0 Å². The zero-order chi connectivity index (χ0) is 16.3. The van der Waals surface area contributed by atoms with Gasteiger partial charge in [-0.15, -0.1) is 11.3 Å². The van der Waals surface area contributed by atoms with Crippen LogP contribution in [0.3, 0.4) is 0 Å². The van der Waals surface area contributed by atoms with Crippen molar-refractivity contribution >= 4 is 27.2 Å². The number of nitrogens with one attached hydrogen (secondary N) is 1. The number of sulfone groups is 1. The first-order valence-corrected chi connectivity index (χ1v) is 10.8. The molecule has 1 aromatic rings. The number of urea groups is 1. The van der Waals surface area contributed by atoms with Crippen LogP contribution < -0.4 is 5.32 Å². The van der Waals surface area contributed by atoms with E-state index in [4.69, 9.17) is 0 Å². The van der Waals surface area contributed by atoms with E-state index in [-0.39, 0.29) is 24.4 Å². The predicted molar refractivity (Wildman–Crippen MR) is 90.2 cm³/mol. The molecule has 128 valence electrons. The van der Waals surface area contributed by atoms with E-state index < -0.39 is 15.1 Å². The zero-order valence-corrected chi connectivity index (χ0v) is 14.7. The van der Waals surface area contributed by atoms with Crippen molar-refractivity contribution in [3.8, 4) is 0 Å². The molecule has 0 saturated carbocycles. The van der Waals surface area contributed by atoms with E-state index in [1.807, 2.05) is 10.3 Å². The molecule has 0 aromatic carbocycles. The normalized spacial score (nSPS) is 27.6. The number of carbonyl (C=O) groups excluding carboxylic acids is 1. The van der Waals surface area contributed by atoms with Crippen LogP contribution in [0, 0.1) is 0 Å².